The molecule has 0 saturated heterocycles. The Hall–Kier alpha value is -2.38. The standard InChI is InChI=1S/C20H26N2O4S/c1-14-9-10-17(27(5,24)25)12-18(14)20(23)21-13-19(22(2)3)15-7-6-8-16(11-15)26-4/h6-12,19H,13H2,1-5H3,(H,21,23). The van der Waals surface area contributed by atoms with Crippen LogP contribution in [0.1, 0.15) is 27.5 Å². The van der Waals surface area contributed by atoms with Crippen molar-refractivity contribution in [3.05, 3.63) is 59.2 Å². The molecular formula is C20H26N2O4S. The Bertz CT molecular complexity index is 923. The number of hydrogen-bond donors (Lipinski definition) is 1. The molecule has 1 amide bonds. The summed E-state index contributed by atoms with van der Waals surface area (Å²) in [5, 5.41) is 2.92. The van der Waals surface area contributed by atoms with E-state index in [0.717, 1.165) is 23.1 Å². The van der Waals surface area contributed by atoms with Gasteiger partial charge < -0.3 is 15.0 Å². The molecule has 6 nitrogen and oxygen atoms in total. The van der Waals surface area contributed by atoms with Gasteiger partial charge in [-0.1, -0.05) is 18.2 Å². The third-order valence-corrected chi connectivity index (χ3v) is 5.55. The lowest BCUT2D eigenvalue weighted by Gasteiger charge is -2.25. The molecule has 1 N–H and O–H groups in total. The zero-order valence-corrected chi connectivity index (χ0v) is 17.1. The van der Waals surface area contributed by atoms with Crippen molar-refractivity contribution in [2.75, 3.05) is 34.0 Å². The molecule has 1 atom stereocenters. The van der Waals surface area contributed by atoms with E-state index in [1.807, 2.05) is 43.3 Å². The zero-order chi connectivity index (χ0) is 20.2. The highest BCUT2D eigenvalue weighted by atomic mass is 32.2. The van der Waals surface area contributed by atoms with Crippen LogP contribution in [0.15, 0.2) is 47.4 Å². The van der Waals surface area contributed by atoms with Crippen molar-refractivity contribution in [1.29, 1.82) is 0 Å². The van der Waals surface area contributed by atoms with Gasteiger partial charge in [0.15, 0.2) is 9.84 Å². The number of benzene rings is 2. The first-order chi connectivity index (χ1) is 12.6. The molecule has 0 aliphatic carbocycles. The van der Waals surface area contributed by atoms with Crippen LogP contribution in [0.25, 0.3) is 0 Å². The van der Waals surface area contributed by atoms with Crippen LogP contribution in [0.4, 0.5) is 0 Å². The quantitative estimate of drug-likeness (QED) is 0.786. The highest BCUT2D eigenvalue weighted by Gasteiger charge is 2.18. The lowest BCUT2D eigenvalue weighted by atomic mass is 10.0. The maximum Gasteiger partial charge on any atom is 0.251 e. The van der Waals surface area contributed by atoms with Crippen molar-refractivity contribution in [2.45, 2.75) is 17.9 Å². The summed E-state index contributed by atoms with van der Waals surface area (Å²) in [6, 6.07) is 12.2. The van der Waals surface area contributed by atoms with Gasteiger partial charge in [-0.3, -0.25) is 4.79 Å². The maximum atomic E-state index is 12.7. The number of amides is 1. The number of sulfone groups is 1. The van der Waals surface area contributed by atoms with E-state index in [1.54, 1.807) is 20.1 Å². The second-order valence-electron chi connectivity index (χ2n) is 6.71. The molecule has 0 aliphatic rings. The average Bonchev–Trinajstić information content (AvgIpc) is 2.61. The van der Waals surface area contributed by atoms with E-state index >= 15 is 0 Å². The molecule has 0 heterocycles. The van der Waals surface area contributed by atoms with Gasteiger partial charge in [-0.2, -0.15) is 0 Å². The van der Waals surface area contributed by atoms with Crippen molar-refractivity contribution in [2.24, 2.45) is 0 Å². The molecular weight excluding hydrogens is 364 g/mol. The number of carbonyl (C=O) groups excluding carboxylic acids is 1. The fourth-order valence-corrected chi connectivity index (χ4v) is 3.46. The molecule has 146 valence electrons. The number of methoxy groups -OCH3 is 1. The normalized spacial score (nSPS) is 12.7. The molecule has 0 fully saturated rings. The predicted octanol–water partition coefficient (Wildman–Crippen LogP) is 2.44. The molecule has 1 unspecified atom stereocenters. The molecule has 0 radical (unpaired) electrons. The van der Waals surface area contributed by atoms with Crippen LogP contribution in [0.2, 0.25) is 0 Å². The summed E-state index contributed by atoms with van der Waals surface area (Å²) in [6.45, 7) is 2.16. The van der Waals surface area contributed by atoms with Crippen molar-refractivity contribution < 1.29 is 17.9 Å². The summed E-state index contributed by atoms with van der Waals surface area (Å²) in [6.07, 6.45) is 1.13. The van der Waals surface area contributed by atoms with Crippen molar-refractivity contribution in [3.8, 4) is 5.75 Å². The monoisotopic (exact) mass is 390 g/mol. The van der Waals surface area contributed by atoms with Gasteiger partial charge >= 0.3 is 0 Å². The molecule has 2 aromatic rings. The van der Waals surface area contributed by atoms with E-state index in [9.17, 15) is 13.2 Å². The summed E-state index contributed by atoms with van der Waals surface area (Å²) in [7, 11) is 2.11. The van der Waals surface area contributed by atoms with Gasteiger partial charge in [-0.05, 0) is 56.4 Å². The predicted molar refractivity (Wildman–Crippen MR) is 106 cm³/mol. The lowest BCUT2D eigenvalue weighted by Crippen LogP contribution is -2.34. The summed E-state index contributed by atoms with van der Waals surface area (Å²) < 4.78 is 28.8. The molecule has 27 heavy (non-hydrogen) atoms. The van der Waals surface area contributed by atoms with Crippen LogP contribution in [0, 0.1) is 6.92 Å². The summed E-state index contributed by atoms with van der Waals surface area (Å²) >= 11 is 0. The Morgan fingerprint density at radius 2 is 1.89 bits per heavy atom. The first-order valence-electron chi connectivity index (χ1n) is 8.52. The Kier molecular flexibility index (Phi) is 6.62. The van der Waals surface area contributed by atoms with Crippen LogP contribution < -0.4 is 10.1 Å². The van der Waals surface area contributed by atoms with Gasteiger partial charge in [0.1, 0.15) is 5.75 Å². The molecule has 7 heteroatoms. The van der Waals surface area contributed by atoms with Crippen LogP contribution >= 0.6 is 0 Å². The molecule has 2 aromatic carbocycles. The van der Waals surface area contributed by atoms with E-state index in [-0.39, 0.29) is 16.8 Å². The Balaban J connectivity index is 2.21. The summed E-state index contributed by atoms with van der Waals surface area (Å²) in [4.78, 5) is 14.8. The number of aryl methyl sites for hydroxylation is 1. The van der Waals surface area contributed by atoms with E-state index in [0.29, 0.717) is 12.1 Å². The minimum absolute atomic E-state index is 0.0533. The van der Waals surface area contributed by atoms with Crippen molar-refractivity contribution >= 4 is 15.7 Å². The third kappa shape index (κ3) is 5.30. The largest absolute Gasteiger partial charge is 0.497 e. The highest BCUT2D eigenvalue weighted by molar-refractivity contribution is 7.90. The Labute approximate surface area is 161 Å². The molecule has 0 bridgehead atoms. The van der Waals surface area contributed by atoms with Gasteiger partial charge in [0.25, 0.3) is 5.91 Å². The fraction of sp³-hybridized carbons (Fsp3) is 0.350. The first-order valence-corrected chi connectivity index (χ1v) is 10.4. The van der Waals surface area contributed by atoms with Gasteiger partial charge in [0.2, 0.25) is 0 Å². The summed E-state index contributed by atoms with van der Waals surface area (Å²) in [5.41, 5.74) is 2.10. The second-order valence-corrected chi connectivity index (χ2v) is 8.73. The number of nitrogens with zero attached hydrogens (tertiary/aromatic N) is 1. The minimum atomic E-state index is -3.37. The molecule has 0 aromatic heterocycles. The Morgan fingerprint density at radius 1 is 1.19 bits per heavy atom. The van der Waals surface area contributed by atoms with Crippen LogP contribution in [0.3, 0.4) is 0 Å². The second kappa shape index (κ2) is 8.54. The number of ether oxygens (including phenoxy) is 1. The minimum Gasteiger partial charge on any atom is -0.497 e. The Morgan fingerprint density at radius 3 is 2.48 bits per heavy atom. The zero-order valence-electron chi connectivity index (χ0n) is 16.3. The van der Waals surface area contributed by atoms with E-state index < -0.39 is 9.84 Å². The smallest absolute Gasteiger partial charge is 0.251 e. The fourth-order valence-electron chi connectivity index (χ4n) is 2.81. The van der Waals surface area contributed by atoms with Gasteiger partial charge in [0.05, 0.1) is 18.0 Å². The highest BCUT2D eigenvalue weighted by Crippen LogP contribution is 2.22. The number of nitrogens with one attached hydrogen (secondary N) is 1. The van der Waals surface area contributed by atoms with Crippen LogP contribution in [-0.4, -0.2) is 53.2 Å². The van der Waals surface area contributed by atoms with Crippen LogP contribution in [0.5, 0.6) is 5.75 Å². The van der Waals surface area contributed by atoms with E-state index in [4.69, 9.17) is 4.74 Å². The molecule has 2 rings (SSSR count). The number of rotatable bonds is 7. The van der Waals surface area contributed by atoms with Gasteiger partial charge in [-0.25, -0.2) is 8.42 Å². The SMILES string of the molecule is COc1cccc(C(CNC(=O)c2cc(S(C)(=O)=O)ccc2C)N(C)C)c1. The van der Waals surface area contributed by atoms with Crippen LogP contribution in [-0.2, 0) is 9.84 Å². The van der Waals surface area contributed by atoms with Gasteiger partial charge in [0, 0.05) is 18.4 Å². The molecule has 0 spiro atoms. The van der Waals surface area contributed by atoms with E-state index in [1.165, 1.54) is 12.1 Å². The lowest BCUT2D eigenvalue weighted by molar-refractivity contribution is 0.0941. The topological polar surface area (TPSA) is 75.7 Å². The number of likely N-dealkylation sites (N-methyl/N-ethyl adjacent to an activating group) is 1. The average molecular weight is 391 g/mol. The maximum absolute atomic E-state index is 12.7. The molecule has 0 saturated carbocycles. The number of carbonyl (C=O) groups is 1. The number of hydrogen-bond acceptors (Lipinski definition) is 5. The van der Waals surface area contributed by atoms with Crippen molar-refractivity contribution in [3.63, 3.8) is 0 Å². The third-order valence-electron chi connectivity index (χ3n) is 4.44. The van der Waals surface area contributed by atoms with Gasteiger partial charge in [-0.15, -0.1) is 0 Å². The molecule has 0 aliphatic heterocycles. The van der Waals surface area contributed by atoms with Crippen molar-refractivity contribution in [1.82, 2.24) is 10.2 Å². The first kappa shape index (κ1) is 20.9. The summed E-state index contributed by atoms with van der Waals surface area (Å²) in [5.74, 6) is 0.454. The van der Waals surface area contributed by atoms with E-state index in [2.05, 4.69) is 5.32 Å².